The van der Waals surface area contributed by atoms with E-state index in [2.05, 4.69) is 17.2 Å². The van der Waals surface area contributed by atoms with Gasteiger partial charge in [-0.2, -0.15) is 0 Å². The second kappa shape index (κ2) is 9.28. The third-order valence-electron chi connectivity index (χ3n) is 4.35. The quantitative estimate of drug-likeness (QED) is 0.582. The number of anilines is 1. The van der Waals surface area contributed by atoms with Crippen LogP contribution in [0.25, 0.3) is 10.8 Å². The summed E-state index contributed by atoms with van der Waals surface area (Å²) >= 11 is 1.36. The second-order valence-electron chi connectivity index (χ2n) is 6.35. The molecular weight excluding hydrogens is 358 g/mol. The molecule has 6 heteroatoms. The van der Waals surface area contributed by atoms with Crippen molar-refractivity contribution in [3.8, 4) is 0 Å². The van der Waals surface area contributed by atoms with Gasteiger partial charge in [-0.3, -0.25) is 9.59 Å². The molecule has 3 aromatic rings. The largest absolute Gasteiger partial charge is 0.329 e. The van der Waals surface area contributed by atoms with E-state index in [4.69, 9.17) is 0 Å². The van der Waals surface area contributed by atoms with Gasteiger partial charge in [-0.1, -0.05) is 56.2 Å². The highest BCUT2D eigenvalue weighted by Gasteiger charge is 2.20. The molecule has 0 bridgehead atoms. The Morgan fingerprint density at radius 2 is 1.93 bits per heavy atom. The van der Waals surface area contributed by atoms with Crippen LogP contribution in [0.1, 0.15) is 36.5 Å². The molecule has 2 amide bonds. The number of amides is 2. The topological polar surface area (TPSA) is 62.3 Å². The SMILES string of the molecule is CCCCCN(CC(=O)Nc1nccs1)C(=O)c1cccc2ccccc12. The molecule has 2 aromatic carbocycles. The molecular formula is C21H23N3O2S. The average Bonchev–Trinajstić information content (AvgIpc) is 3.19. The van der Waals surface area contributed by atoms with Crippen molar-refractivity contribution in [2.75, 3.05) is 18.4 Å². The zero-order chi connectivity index (χ0) is 19.1. The van der Waals surface area contributed by atoms with Gasteiger partial charge in [0.05, 0.1) is 0 Å². The van der Waals surface area contributed by atoms with E-state index < -0.39 is 0 Å². The van der Waals surface area contributed by atoms with Crippen molar-refractivity contribution in [1.29, 1.82) is 0 Å². The van der Waals surface area contributed by atoms with Crippen LogP contribution in [0.3, 0.4) is 0 Å². The number of carbonyl (C=O) groups is 2. The van der Waals surface area contributed by atoms with E-state index in [1.807, 2.05) is 42.5 Å². The summed E-state index contributed by atoms with van der Waals surface area (Å²) in [5.74, 6) is -0.341. The highest BCUT2D eigenvalue weighted by atomic mass is 32.1. The molecule has 27 heavy (non-hydrogen) atoms. The minimum absolute atomic E-state index is 0.0192. The van der Waals surface area contributed by atoms with Crippen LogP contribution in [-0.2, 0) is 4.79 Å². The maximum absolute atomic E-state index is 13.2. The molecule has 3 rings (SSSR count). The first-order chi connectivity index (χ1) is 13.2. The Labute approximate surface area is 163 Å². The Bertz CT molecular complexity index is 903. The molecule has 5 nitrogen and oxygen atoms in total. The van der Waals surface area contributed by atoms with Crippen molar-refractivity contribution < 1.29 is 9.59 Å². The van der Waals surface area contributed by atoms with Gasteiger partial charge in [0.2, 0.25) is 5.91 Å². The van der Waals surface area contributed by atoms with Gasteiger partial charge in [-0.15, -0.1) is 11.3 Å². The highest BCUT2D eigenvalue weighted by Crippen LogP contribution is 2.20. The molecule has 0 spiro atoms. The van der Waals surface area contributed by atoms with Crippen LogP contribution in [0.5, 0.6) is 0 Å². The lowest BCUT2D eigenvalue weighted by atomic mass is 10.0. The fraction of sp³-hybridized carbons (Fsp3) is 0.286. The van der Waals surface area contributed by atoms with Gasteiger partial charge in [-0.05, 0) is 23.3 Å². The van der Waals surface area contributed by atoms with Gasteiger partial charge in [-0.25, -0.2) is 4.98 Å². The smallest absolute Gasteiger partial charge is 0.254 e. The zero-order valence-electron chi connectivity index (χ0n) is 15.4. The molecule has 0 saturated heterocycles. The monoisotopic (exact) mass is 381 g/mol. The number of unbranched alkanes of at least 4 members (excludes halogenated alkanes) is 2. The minimum Gasteiger partial charge on any atom is -0.329 e. The molecule has 0 aliphatic heterocycles. The molecule has 0 unspecified atom stereocenters. The van der Waals surface area contributed by atoms with E-state index >= 15 is 0 Å². The second-order valence-corrected chi connectivity index (χ2v) is 7.24. The van der Waals surface area contributed by atoms with Gasteiger partial charge < -0.3 is 10.2 Å². The number of carbonyl (C=O) groups excluding carboxylic acids is 2. The third-order valence-corrected chi connectivity index (χ3v) is 5.04. The number of rotatable bonds is 8. The fourth-order valence-electron chi connectivity index (χ4n) is 3.00. The van der Waals surface area contributed by atoms with E-state index in [1.165, 1.54) is 11.3 Å². The average molecular weight is 382 g/mol. The minimum atomic E-state index is -0.227. The first-order valence-corrected chi connectivity index (χ1v) is 10.0. The molecule has 1 heterocycles. The van der Waals surface area contributed by atoms with E-state index in [0.29, 0.717) is 17.2 Å². The van der Waals surface area contributed by atoms with E-state index in [0.717, 1.165) is 30.0 Å². The Kier molecular flexibility index (Phi) is 6.54. The summed E-state index contributed by atoms with van der Waals surface area (Å²) in [5, 5.41) is 7.04. The Hall–Kier alpha value is -2.73. The third kappa shape index (κ3) is 4.92. The lowest BCUT2D eigenvalue weighted by Gasteiger charge is -2.23. The molecule has 0 aliphatic carbocycles. The maximum atomic E-state index is 13.2. The summed E-state index contributed by atoms with van der Waals surface area (Å²) in [4.78, 5) is 31.3. The summed E-state index contributed by atoms with van der Waals surface area (Å²) in [6, 6.07) is 13.5. The van der Waals surface area contributed by atoms with Crippen LogP contribution < -0.4 is 5.32 Å². The standard InChI is InChI=1S/C21H23N3O2S/c1-2-3-6-13-24(15-19(25)23-21-22-12-14-27-21)20(26)18-11-7-9-16-8-4-5-10-17(16)18/h4-5,7-12,14H,2-3,6,13,15H2,1H3,(H,22,23,25). The summed E-state index contributed by atoms with van der Waals surface area (Å²) < 4.78 is 0. The van der Waals surface area contributed by atoms with Crippen LogP contribution in [-0.4, -0.2) is 34.8 Å². The first-order valence-electron chi connectivity index (χ1n) is 9.15. The molecule has 0 radical (unpaired) electrons. The van der Waals surface area contributed by atoms with Gasteiger partial charge in [0.1, 0.15) is 6.54 Å². The molecule has 0 atom stereocenters. The highest BCUT2D eigenvalue weighted by molar-refractivity contribution is 7.13. The number of benzene rings is 2. The van der Waals surface area contributed by atoms with Crippen LogP contribution in [0.2, 0.25) is 0 Å². The van der Waals surface area contributed by atoms with Gasteiger partial charge in [0.25, 0.3) is 5.91 Å². The van der Waals surface area contributed by atoms with Crippen molar-refractivity contribution in [1.82, 2.24) is 9.88 Å². The van der Waals surface area contributed by atoms with E-state index in [1.54, 1.807) is 16.5 Å². The maximum Gasteiger partial charge on any atom is 0.254 e. The number of nitrogens with one attached hydrogen (secondary N) is 1. The van der Waals surface area contributed by atoms with Crippen molar-refractivity contribution in [2.45, 2.75) is 26.2 Å². The van der Waals surface area contributed by atoms with Gasteiger partial charge >= 0.3 is 0 Å². The lowest BCUT2D eigenvalue weighted by Crippen LogP contribution is -2.38. The van der Waals surface area contributed by atoms with Crippen molar-refractivity contribution in [2.24, 2.45) is 0 Å². The van der Waals surface area contributed by atoms with Crippen LogP contribution in [0.4, 0.5) is 5.13 Å². The van der Waals surface area contributed by atoms with Crippen LogP contribution >= 0.6 is 11.3 Å². The van der Waals surface area contributed by atoms with Crippen molar-refractivity contribution in [3.05, 3.63) is 59.6 Å². The number of hydrogen-bond donors (Lipinski definition) is 1. The molecule has 140 valence electrons. The predicted octanol–water partition coefficient (Wildman–Crippen LogP) is 4.57. The molecule has 0 aliphatic rings. The molecule has 1 aromatic heterocycles. The fourth-order valence-corrected chi connectivity index (χ4v) is 3.55. The number of nitrogens with zero attached hydrogens (tertiary/aromatic N) is 2. The van der Waals surface area contributed by atoms with Crippen molar-refractivity contribution in [3.63, 3.8) is 0 Å². The summed E-state index contributed by atoms with van der Waals surface area (Å²) in [6.45, 7) is 2.69. The van der Waals surface area contributed by atoms with Crippen LogP contribution in [0.15, 0.2) is 54.0 Å². The summed E-state index contributed by atoms with van der Waals surface area (Å²) in [5.41, 5.74) is 0.631. The molecule has 0 fully saturated rings. The van der Waals surface area contributed by atoms with E-state index in [9.17, 15) is 9.59 Å². The van der Waals surface area contributed by atoms with E-state index in [-0.39, 0.29) is 18.4 Å². The predicted molar refractivity (Wildman–Crippen MR) is 110 cm³/mol. The summed E-state index contributed by atoms with van der Waals surface area (Å²) in [6.07, 6.45) is 4.59. The normalized spacial score (nSPS) is 10.7. The van der Waals surface area contributed by atoms with Crippen LogP contribution in [0, 0.1) is 0 Å². The first kappa shape index (κ1) is 19.0. The number of hydrogen-bond acceptors (Lipinski definition) is 4. The lowest BCUT2D eigenvalue weighted by molar-refractivity contribution is -0.116. The van der Waals surface area contributed by atoms with Gasteiger partial charge in [0.15, 0.2) is 5.13 Å². The number of aromatic nitrogens is 1. The van der Waals surface area contributed by atoms with Gasteiger partial charge in [0, 0.05) is 23.7 Å². The Morgan fingerprint density at radius 1 is 1.11 bits per heavy atom. The number of fused-ring (bicyclic) bond motifs is 1. The Balaban J connectivity index is 1.80. The Morgan fingerprint density at radius 3 is 2.70 bits per heavy atom. The number of thiazole rings is 1. The summed E-state index contributed by atoms with van der Waals surface area (Å²) in [7, 11) is 0. The van der Waals surface area contributed by atoms with Crippen molar-refractivity contribution >= 4 is 39.1 Å². The molecule has 1 N–H and O–H groups in total. The molecule has 0 saturated carbocycles. The zero-order valence-corrected chi connectivity index (χ0v) is 16.2.